The maximum atomic E-state index is 7.22. The van der Waals surface area contributed by atoms with Gasteiger partial charge in [0.15, 0.2) is 0 Å². The van der Waals surface area contributed by atoms with Gasteiger partial charge in [0.25, 0.3) is 0 Å². The number of benzene rings is 1. The Hall–Kier alpha value is -1.11. The first kappa shape index (κ1) is 11.9. The molecule has 1 heteroatoms. The summed E-state index contributed by atoms with van der Waals surface area (Å²) in [4.78, 5) is 0. The van der Waals surface area contributed by atoms with Gasteiger partial charge in [0.2, 0.25) is 0 Å². The van der Waals surface area contributed by atoms with Crippen molar-refractivity contribution in [3.8, 4) is 0 Å². The molecule has 0 atom stereocenters. The molecule has 1 aromatic carbocycles. The van der Waals surface area contributed by atoms with Crippen molar-refractivity contribution in [3.05, 3.63) is 35.9 Å². The van der Waals surface area contributed by atoms with Gasteiger partial charge in [-0.1, -0.05) is 58.0 Å². The topological polar surface area (TPSA) is 23.9 Å². The third-order valence-electron chi connectivity index (χ3n) is 1.88. The molecular formula is C12H19N. The molecule has 0 saturated heterocycles. The summed E-state index contributed by atoms with van der Waals surface area (Å²) in [6.07, 6.45) is 1.47. The number of nitrogens with one attached hydrogen (secondary N) is 1. The SMILES string of the molecule is CC.CC(C)(C=N)c1ccccc1. The standard InChI is InChI=1S/C10H13N.C2H6/c1-10(2,8-11)9-6-4-3-5-7-9;1-2/h3-8,11H,1-2H3;1-2H3. The van der Waals surface area contributed by atoms with Crippen LogP contribution in [0, 0.1) is 5.41 Å². The van der Waals surface area contributed by atoms with E-state index in [-0.39, 0.29) is 5.41 Å². The normalized spacial score (nSPS) is 9.85. The second-order valence-electron chi connectivity index (χ2n) is 3.23. The molecule has 0 aromatic heterocycles. The first-order chi connectivity index (χ1) is 6.17. The van der Waals surface area contributed by atoms with E-state index in [1.165, 1.54) is 11.8 Å². The van der Waals surface area contributed by atoms with Crippen molar-refractivity contribution in [2.45, 2.75) is 33.1 Å². The van der Waals surface area contributed by atoms with Gasteiger partial charge in [0, 0.05) is 11.6 Å². The van der Waals surface area contributed by atoms with Crippen LogP contribution in [-0.4, -0.2) is 6.21 Å². The average molecular weight is 177 g/mol. The van der Waals surface area contributed by atoms with E-state index in [2.05, 4.69) is 0 Å². The third-order valence-corrected chi connectivity index (χ3v) is 1.88. The molecule has 1 aromatic rings. The molecule has 0 bridgehead atoms. The first-order valence-electron chi connectivity index (χ1n) is 4.74. The quantitative estimate of drug-likeness (QED) is 0.667. The summed E-state index contributed by atoms with van der Waals surface area (Å²) in [7, 11) is 0. The molecule has 72 valence electrons. The minimum Gasteiger partial charge on any atom is -0.312 e. The first-order valence-corrected chi connectivity index (χ1v) is 4.74. The van der Waals surface area contributed by atoms with Crippen LogP contribution in [0.25, 0.3) is 0 Å². The highest BCUT2D eigenvalue weighted by atomic mass is 14.4. The molecule has 0 heterocycles. The summed E-state index contributed by atoms with van der Waals surface area (Å²) in [5, 5.41) is 7.22. The fraction of sp³-hybridized carbons (Fsp3) is 0.417. The summed E-state index contributed by atoms with van der Waals surface area (Å²) >= 11 is 0. The van der Waals surface area contributed by atoms with Crippen molar-refractivity contribution in [1.29, 1.82) is 5.41 Å². The predicted octanol–water partition coefficient (Wildman–Crippen LogP) is 3.64. The fourth-order valence-electron chi connectivity index (χ4n) is 0.951. The van der Waals surface area contributed by atoms with Crippen LogP contribution in [0.5, 0.6) is 0 Å². The van der Waals surface area contributed by atoms with Crippen molar-refractivity contribution in [1.82, 2.24) is 0 Å². The maximum Gasteiger partial charge on any atom is 0.0242 e. The zero-order valence-electron chi connectivity index (χ0n) is 8.96. The monoisotopic (exact) mass is 177 g/mol. The molecule has 0 spiro atoms. The van der Waals surface area contributed by atoms with Crippen molar-refractivity contribution in [3.63, 3.8) is 0 Å². The molecule has 1 N–H and O–H groups in total. The molecule has 0 aliphatic rings. The van der Waals surface area contributed by atoms with Gasteiger partial charge in [0.1, 0.15) is 0 Å². The van der Waals surface area contributed by atoms with E-state index in [0.717, 1.165) is 0 Å². The summed E-state index contributed by atoms with van der Waals surface area (Å²) in [5.41, 5.74) is 1.07. The number of rotatable bonds is 2. The zero-order valence-corrected chi connectivity index (χ0v) is 8.96. The van der Waals surface area contributed by atoms with Crippen LogP contribution in [-0.2, 0) is 5.41 Å². The van der Waals surface area contributed by atoms with Gasteiger partial charge in [-0.3, -0.25) is 0 Å². The smallest absolute Gasteiger partial charge is 0.0242 e. The number of hydrogen-bond acceptors (Lipinski definition) is 1. The zero-order chi connectivity index (χ0) is 10.3. The predicted molar refractivity (Wildman–Crippen MR) is 59.6 cm³/mol. The molecule has 1 rings (SSSR count). The average Bonchev–Trinajstić information content (AvgIpc) is 2.22. The molecular weight excluding hydrogens is 158 g/mol. The van der Waals surface area contributed by atoms with E-state index < -0.39 is 0 Å². The Labute approximate surface area is 81.3 Å². The lowest BCUT2D eigenvalue weighted by Crippen LogP contribution is -2.17. The van der Waals surface area contributed by atoms with Crippen LogP contribution >= 0.6 is 0 Å². The lowest BCUT2D eigenvalue weighted by Gasteiger charge is -2.18. The molecule has 0 aliphatic carbocycles. The minimum atomic E-state index is -0.124. The molecule has 13 heavy (non-hydrogen) atoms. The van der Waals surface area contributed by atoms with Crippen LogP contribution in [0.1, 0.15) is 33.3 Å². The number of hydrogen-bond donors (Lipinski definition) is 1. The van der Waals surface area contributed by atoms with Crippen molar-refractivity contribution >= 4 is 6.21 Å². The van der Waals surface area contributed by atoms with Crippen LogP contribution in [0.4, 0.5) is 0 Å². The van der Waals surface area contributed by atoms with Gasteiger partial charge in [-0.2, -0.15) is 0 Å². The van der Waals surface area contributed by atoms with E-state index in [1.54, 1.807) is 0 Å². The highest BCUT2D eigenvalue weighted by Crippen LogP contribution is 2.19. The second-order valence-corrected chi connectivity index (χ2v) is 3.23. The Morgan fingerprint density at radius 2 is 1.54 bits per heavy atom. The fourth-order valence-corrected chi connectivity index (χ4v) is 0.951. The van der Waals surface area contributed by atoms with E-state index >= 15 is 0 Å². The Kier molecular flexibility index (Phi) is 5.05. The summed E-state index contributed by atoms with van der Waals surface area (Å²) in [6.45, 7) is 8.07. The van der Waals surface area contributed by atoms with Crippen LogP contribution in [0.15, 0.2) is 30.3 Å². The van der Waals surface area contributed by atoms with E-state index in [1.807, 2.05) is 58.0 Å². The van der Waals surface area contributed by atoms with Crippen LogP contribution < -0.4 is 0 Å². The molecule has 0 radical (unpaired) electrons. The Morgan fingerprint density at radius 1 is 1.08 bits per heavy atom. The molecule has 0 unspecified atom stereocenters. The summed E-state index contributed by atoms with van der Waals surface area (Å²) in [6, 6.07) is 10.1. The highest BCUT2D eigenvalue weighted by Gasteiger charge is 2.15. The summed E-state index contributed by atoms with van der Waals surface area (Å²) in [5.74, 6) is 0. The molecule has 0 aliphatic heterocycles. The Balaban J connectivity index is 0.000000671. The van der Waals surface area contributed by atoms with Crippen molar-refractivity contribution < 1.29 is 0 Å². The third kappa shape index (κ3) is 3.41. The lowest BCUT2D eigenvalue weighted by atomic mass is 9.86. The lowest BCUT2D eigenvalue weighted by molar-refractivity contribution is 0.731. The van der Waals surface area contributed by atoms with Gasteiger partial charge in [-0.05, 0) is 5.56 Å². The van der Waals surface area contributed by atoms with E-state index in [0.29, 0.717) is 0 Å². The largest absolute Gasteiger partial charge is 0.312 e. The van der Waals surface area contributed by atoms with Gasteiger partial charge < -0.3 is 5.41 Å². The van der Waals surface area contributed by atoms with Crippen LogP contribution in [0.2, 0.25) is 0 Å². The molecule has 1 nitrogen and oxygen atoms in total. The van der Waals surface area contributed by atoms with E-state index in [4.69, 9.17) is 5.41 Å². The van der Waals surface area contributed by atoms with Crippen molar-refractivity contribution in [2.24, 2.45) is 0 Å². The second kappa shape index (κ2) is 5.52. The van der Waals surface area contributed by atoms with E-state index in [9.17, 15) is 0 Å². The van der Waals surface area contributed by atoms with Crippen LogP contribution in [0.3, 0.4) is 0 Å². The molecule has 0 saturated carbocycles. The Morgan fingerprint density at radius 3 is 1.92 bits per heavy atom. The van der Waals surface area contributed by atoms with Crippen molar-refractivity contribution in [2.75, 3.05) is 0 Å². The highest BCUT2D eigenvalue weighted by molar-refractivity contribution is 5.69. The van der Waals surface area contributed by atoms with Gasteiger partial charge in [-0.25, -0.2) is 0 Å². The molecule has 0 fully saturated rings. The Bertz CT molecular complexity index is 237. The van der Waals surface area contributed by atoms with Gasteiger partial charge in [-0.15, -0.1) is 0 Å². The summed E-state index contributed by atoms with van der Waals surface area (Å²) < 4.78 is 0. The minimum absolute atomic E-state index is 0.124. The maximum absolute atomic E-state index is 7.22. The molecule has 0 amide bonds. The van der Waals surface area contributed by atoms with Gasteiger partial charge in [0.05, 0.1) is 0 Å². The van der Waals surface area contributed by atoms with Gasteiger partial charge >= 0.3 is 0 Å².